The third-order valence-corrected chi connectivity index (χ3v) is 11.5. The second-order valence-corrected chi connectivity index (χ2v) is 15.3. The quantitative estimate of drug-likeness (QED) is 0.154. The third kappa shape index (κ3) is 6.86. The fourth-order valence-corrected chi connectivity index (χ4v) is 8.37. The SMILES string of the molecule is c1ccc(-c2ccc(-c3cc(-c4ccc5cc(-c6ccccc6)n6nc(-c7ccccc7)c(-c7ccccc7)c6c5c4)nc(-c4ccc(-c5ccccc5)cc4)n3)cc2)cc1. The number of hydrogen-bond acceptors (Lipinski definition) is 3. The van der Waals surface area contributed by atoms with Gasteiger partial charge in [0.1, 0.15) is 5.69 Å². The highest BCUT2D eigenvalue weighted by atomic mass is 15.2. The predicted octanol–water partition coefficient (Wildman–Crippen LogP) is 14.6. The molecule has 61 heavy (non-hydrogen) atoms. The molecule has 3 heterocycles. The minimum Gasteiger partial charge on any atom is -0.231 e. The van der Waals surface area contributed by atoms with E-state index in [4.69, 9.17) is 15.1 Å². The van der Waals surface area contributed by atoms with Gasteiger partial charge in [-0.2, -0.15) is 5.10 Å². The predicted molar refractivity (Wildman–Crippen MR) is 252 cm³/mol. The Bertz CT molecular complexity index is 3190. The first-order valence-corrected chi connectivity index (χ1v) is 20.6. The number of aromatic nitrogens is 4. The molecule has 0 aliphatic carbocycles. The van der Waals surface area contributed by atoms with Crippen LogP contribution in [0, 0.1) is 0 Å². The first-order valence-electron chi connectivity index (χ1n) is 20.6. The summed E-state index contributed by atoms with van der Waals surface area (Å²) in [4.78, 5) is 10.5. The highest BCUT2D eigenvalue weighted by molar-refractivity contribution is 6.09. The van der Waals surface area contributed by atoms with Crippen molar-refractivity contribution in [3.63, 3.8) is 0 Å². The number of rotatable bonds is 8. The van der Waals surface area contributed by atoms with E-state index in [1.54, 1.807) is 0 Å². The van der Waals surface area contributed by atoms with Crippen LogP contribution in [0.3, 0.4) is 0 Å². The van der Waals surface area contributed by atoms with E-state index in [0.717, 1.165) is 89.1 Å². The maximum atomic E-state index is 5.44. The van der Waals surface area contributed by atoms with Crippen LogP contribution in [-0.2, 0) is 0 Å². The molecule has 0 fully saturated rings. The lowest BCUT2D eigenvalue weighted by molar-refractivity contribution is 0.979. The normalized spacial score (nSPS) is 11.3. The van der Waals surface area contributed by atoms with Crippen molar-refractivity contribution in [3.05, 3.63) is 231 Å². The molecule has 286 valence electrons. The van der Waals surface area contributed by atoms with Gasteiger partial charge in [0.15, 0.2) is 5.82 Å². The zero-order chi connectivity index (χ0) is 40.5. The summed E-state index contributed by atoms with van der Waals surface area (Å²) in [5, 5.41) is 7.65. The van der Waals surface area contributed by atoms with Gasteiger partial charge in [-0.3, -0.25) is 0 Å². The molecular weight excluding hydrogens is 741 g/mol. The van der Waals surface area contributed by atoms with Gasteiger partial charge in [-0.05, 0) is 51.4 Å². The highest BCUT2D eigenvalue weighted by Gasteiger charge is 2.22. The summed E-state index contributed by atoms with van der Waals surface area (Å²) >= 11 is 0. The van der Waals surface area contributed by atoms with Crippen molar-refractivity contribution in [3.8, 4) is 89.8 Å². The zero-order valence-corrected chi connectivity index (χ0v) is 33.2. The summed E-state index contributed by atoms with van der Waals surface area (Å²) in [7, 11) is 0. The number of nitrogens with zero attached hydrogens (tertiary/aromatic N) is 4. The van der Waals surface area contributed by atoms with Crippen molar-refractivity contribution in [2.45, 2.75) is 0 Å². The van der Waals surface area contributed by atoms with Crippen molar-refractivity contribution >= 4 is 16.3 Å². The second-order valence-electron chi connectivity index (χ2n) is 15.3. The van der Waals surface area contributed by atoms with Crippen LogP contribution in [0.2, 0.25) is 0 Å². The summed E-state index contributed by atoms with van der Waals surface area (Å²) in [5.41, 5.74) is 16.7. The smallest absolute Gasteiger partial charge is 0.160 e. The number of fused-ring (bicyclic) bond motifs is 3. The van der Waals surface area contributed by atoms with Crippen molar-refractivity contribution in [2.24, 2.45) is 0 Å². The minimum atomic E-state index is 0.671. The molecule has 8 aromatic carbocycles. The molecule has 0 radical (unpaired) electrons. The fourth-order valence-electron chi connectivity index (χ4n) is 8.37. The van der Waals surface area contributed by atoms with Gasteiger partial charge in [0.05, 0.1) is 22.6 Å². The van der Waals surface area contributed by atoms with Crippen LogP contribution in [0.5, 0.6) is 0 Å². The first kappa shape index (κ1) is 35.9. The Balaban J connectivity index is 1.13. The molecule has 3 aromatic heterocycles. The van der Waals surface area contributed by atoms with Gasteiger partial charge in [0.2, 0.25) is 0 Å². The molecule has 0 bridgehead atoms. The van der Waals surface area contributed by atoms with E-state index >= 15 is 0 Å². The average molecular weight is 779 g/mol. The van der Waals surface area contributed by atoms with Crippen LogP contribution in [0.15, 0.2) is 231 Å². The molecule has 0 aliphatic rings. The Morgan fingerprint density at radius 3 is 1.30 bits per heavy atom. The number of hydrogen-bond donors (Lipinski definition) is 0. The minimum absolute atomic E-state index is 0.671. The van der Waals surface area contributed by atoms with Crippen molar-refractivity contribution < 1.29 is 0 Å². The Labute approximate surface area is 354 Å². The van der Waals surface area contributed by atoms with Crippen LogP contribution in [0.25, 0.3) is 106 Å². The van der Waals surface area contributed by atoms with Gasteiger partial charge in [-0.25, -0.2) is 14.5 Å². The lowest BCUT2D eigenvalue weighted by Crippen LogP contribution is -1.98. The van der Waals surface area contributed by atoms with E-state index in [1.165, 1.54) is 11.1 Å². The maximum absolute atomic E-state index is 5.44. The molecule has 0 atom stereocenters. The van der Waals surface area contributed by atoms with Crippen LogP contribution in [0.1, 0.15) is 0 Å². The zero-order valence-electron chi connectivity index (χ0n) is 33.2. The molecule has 4 nitrogen and oxygen atoms in total. The highest BCUT2D eigenvalue weighted by Crippen LogP contribution is 2.42. The summed E-state index contributed by atoms with van der Waals surface area (Å²) in [6.07, 6.45) is 0. The van der Waals surface area contributed by atoms with Crippen LogP contribution in [0.4, 0.5) is 0 Å². The van der Waals surface area contributed by atoms with Crippen molar-refractivity contribution in [1.82, 2.24) is 19.6 Å². The Morgan fingerprint density at radius 2 is 0.738 bits per heavy atom. The molecule has 0 N–H and O–H groups in total. The number of benzene rings is 8. The molecule has 11 rings (SSSR count). The summed E-state index contributed by atoms with van der Waals surface area (Å²) in [6, 6.07) is 80.9. The van der Waals surface area contributed by atoms with Crippen LogP contribution >= 0.6 is 0 Å². The van der Waals surface area contributed by atoms with E-state index in [2.05, 4.69) is 223 Å². The van der Waals surface area contributed by atoms with Crippen LogP contribution in [-0.4, -0.2) is 19.6 Å². The largest absolute Gasteiger partial charge is 0.231 e. The molecule has 11 aromatic rings. The van der Waals surface area contributed by atoms with Crippen LogP contribution < -0.4 is 0 Å². The molecule has 0 amide bonds. The van der Waals surface area contributed by atoms with E-state index in [-0.39, 0.29) is 0 Å². The maximum Gasteiger partial charge on any atom is 0.160 e. The molecule has 0 saturated heterocycles. The average Bonchev–Trinajstić information content (AvgIpc) is 3.76. The van der Waals surface area contributed by atoms with Gasteiger partial charge < -0.3 is 0 Å². The summed E-state index contributed by atoms with van der Waals surface area (Å²) < 4.78 is 2.14. The lowest BCUT2D eigenvalue weighted by Gasteiger charge is -2.13. The van der Waals surface area contributed by atoms with Gasteiger partial charge in [0.25, 0.3) is 0 Å². The lowest BCUT2D eigenvalue weighted by atomic mass is 9.95. The standard InChI is InChI=1S/C57H38N4/c1-6-16-39(17-7-1)41-26-30-43(31-27-41)51-38-52(59-57(58-51)47-32-28-42(29-33-47)40-18-8-2-9-19-40)49-35-34-48-37-53(44-20-10-3-11-21-44)61-56(50(48)36-49)54(45-22-12-4-13-23-45)55(60-61)46-24-14-5-15-25-46/h1-38H. The fraction of sp³-hybridized carbons (Fsp3) is 0. The van der Waals surface area contributed by atoms with Gasteiger partial charge in [0, 0.05) is 38.8 Å². The van der Waals surface area contributed by atoms with Gasteiger partial charge in [-0.15, -0.1) is 0 Å². The molecule has 4 heteroatoms. The summed E-state index contributed by atoms with van der Waals surface area (Å²) in [6.45, 7) is 0. The third-order valence-electron chi connectivity index (χ3n) is 11.5. The molecule has 0 spiro atoms. The first-order chi connectivity index (χ1) is 30.2. The molecule has 0 saturated carbocycles. The monoisotopic (exact) mass is 778 g/mol. The van der Waals surface area contributed by atoms with Crippen molar-refractivity contribution in [1.29, 1.82) is 0 Å². The topological polar surface area (TPSA) is 43.1 Å². The van der Waals surface area contributed by atoms with Gasteiger partial charge in [-0.1, -0.05) is 212 Å². The molecule has 0 unspecified atom stereocenters. The van der Waals surface area contributed by atoms with E-state index in [1.807, 2.05) is 12.1 Å². The van der Waals surface area contributed by atoms with Crippen molar-refractivity contribution in [2.75, 3.05) is 0 Å². The second kappa shape index (κ2) is 15.5. The van der Waals surface area contributed by atoms with E-state index in [0.29, 0.717) is 5.82 Å². The molecular formula is C57H38N4. The molecule has 0 aliphatic heterocycles. The Hall–Kier alpha value is -8.21. The van der Waals surface area contributed by atoms with E-state index < -0.39 is 0 Å². The van der Waals surface area contributed by atoms with E-state index in [9.17, 15) is 0 Å². The van der Waals surface area contributed by atoms with Gasteiger partial charge >= 0.3 is 0 Å². The Kier molecular flexibility index (Phi) is 9.14. The Morgan fingerprint density at radius 1 is 0.311 bits per heavy atom. The summed E-state index contributed by atoms with van der Waals surface area (Å²) in [5.74, 6) is 0.671. The number of pyridine rings is 1.